The van der Waals surface area contributed by atoms with Crippen LogP contribution in [-0.4, -0.2) is 16.3 Å². The third-order valence-electron chi connectivity index (χ3n) is 1.84. The highest BCUT2D eigenvalue weighted by atomic mass is 32.2. The summed E-state index contributed by atoms with van der Waals surface area (Å²) in [5.74, 6) is -1.19. The van der Waals surface area contributed by atoms with E-state index in [4.69, 9.17) is 5.11 Å². The fourth-order valence-corrected chi connectivity index (χ4v) is 1.79. The van der Waals surface area contributed by atoms with Crippen LogP contribution in [-0.2, 0) is 5.75 Å². The van der Waals surface area contributed by atoms with E-state index in [9.17, 15) is 9.18 Å². The Morgan fingerprint density at radius 1 is 1.53 bits per heavy atom. The SMILES string of the molecule is CC(C)SCc1ccc(F)c(C(=O)O)c1. The van der Waals surface area contributed by atoms with Gasteiger partial charge in [-0.25, -0.2) is 9.18 Å². The predicted molar refractivity (Wildman–Crippen MR) is 59.8 cm³/mol. The Hall–Kier alpha value is -1.03. The molecular weight excluding hydrogens is 215 g/mol. The standard InChI is InChI=1S/C11H13FO2S/c1-7(2)15-6-8-3-4-10(12)9(5-8)11(13)14/h3-5,7H,6H2,1-2H3,(H,13,14). The first-order chi connectivity index (χ1) is 7.00. The van der Waals surface area contributed by atoms with Crippen molar-refractivity contribution in [2.24, 2.45) is 0 Å². The summed E-state index contributed by atoms with van der Waals surface area (Å²) in [4.78, 5) is 10.7. The molecule has 0 aromatic heterocycles. The van der Waals surface area contributed by atoms with Crippen molar-refractivity contribution in [3.05, 3.63) is 35.1 Å². The fourth-order valence-electron chi connectivity index (χ4n) is 1.09. The molecule has 1 aromatic rings. The molecule has 1 rings (SSSR count). The van der Waals surface area contributed by atoms with E-state index in [2.05, 4.69) is 13.8 Å². The van der Waals surface area contributed by atoms with E-state index < -0.39 is 11.8 Å². The monoisotopic (exact) mass is 228 g/mol. The zero-order chi connectivity index (χ0) is 11.4. The van der Waals surface area contributed by atoms with Crippen molar-refractivity contribution >= 4 is 17.7 Å². The Bertz CT molecular complexity index is 364. The molecule has 82 valence electrons. The average molecular weight is 228 g/mol. The zero-order valence-electron chi connectivity index (χ0n) is 8.66. The maximum Gasteiger partial charge on any atom is 0.338 e. The maximum atomic E-state index is 13.0. The molecule has 0 atom stereocenters. The van der Waals surface area contributed by atoms with Crippen LogP contribution < -0.4 is 0 Å². The average Bonchev–Trinajstić information content (AvgIpc) is 2.16. The highest BCUT2D eigenvalue weighted by Crippen LogP contribution is 2.19. The maximum absolute atomic E-state index is 13.0. The van der Waals surface area contributed by atoms with Gasteiger partial charge in [-0.1, -0.05) is 19.9 Å². The molecular formula is C11H13FO2S. The number of benzene rings is 1. The summed E-state index contributed by atoms with van der Waals surface area (Å²) >= 11 is 1.70. The van der Waals surface area contributed by atoms with Crippen molar-refractivity contribution in [1.29, 1.82) is 0 Å². The van der Waals surface area contributed by atoms with E-state index in [1.165, 1.54) is 12.1 Å². The van der Waals surface area contributed by atoms with Crippen molar-refractivity contribution in [1.82, 2.24) is 0 Å². The van der Waals surface area contributed by atoms with Gasteiger partial charge in [0.1, 0.15) is 5.82 Å². The molecule has 0 heterocycles. The molecule has 0 saturated heterocycles. The molecule has 0 saturated carbocycles. The molecule has 1 N–H and O–H groups in total. The van der Waals surface area contributed by atoms with Crippen LogP contribution in [0.25, 0.3) is 0 Å². The summed E-state index contributed by atoms with van der Waals surface area (Å²) in [5, 5.41) is 9.20. The summed E-state index contributed by atoms with van der Waals surface area (Å²) in [7, 11) is 0. The van der Waals surface area contributed by atoms with Crippen molar-refractivity contribution in [2.75, 3.05) is 0 Å². The summed E-state index contributed by atoms with van der Waals surface area (Å²) in [6.45, 7) is 4.12. The van der Waals surface area contributed by atoms with Gasteiger partial charge in [-0.3, -0.25) is 0 Å². The number of hydrogen-bond acceptors (Lipinski definition) is 2. The Labute approximate surface area is 92.5 Å². The van der Waals surface area contributed by atoms with Crippen LogP contribution in [0.5, 0.6) is 0 Å². The predicted octanol–water partition coefficient (Wildman–Crippen LogP) is 3.17. The molecule has 0 bridgehead atoms. The van der Waals surface area contributed by atoms with Gasteiger partial charge in [-0.15, -0.1) is 0 Å². The number of halogens is 1. The largest absolute Gasteiger partial charge is 0.478 e. The Morgan fingerprint density at radius 3 is 2.73 bits per heavy atom. The van der Waals surface area contributed by atoms with E-state index in [0.29, 0.717) is 11.0 Å². The Balaban J connectivity index is 2.83. The number of aromatic carboxylic acids is 1. The van der Waals surface area contributed by atoms with E-state index >= 15 is 0 Å². The van der Waals surface area contributed by atoms with E-state index in [0.717, 1.165) is 5.56 Å². The highest BCUT2D eigenvalue weighted by molar-refractivity contribution is 7.99. The molecule has 15 heavy (non-hydrogen) atoms. The van der Waals surface area contributed by atoms with Crippen LogP contribution in [0.3, 0.4) is 0 Å². The van der Waals surface area contributed by atoms with Crippen molar-refractivity contribution in [2.45, 2.75) is 24.9 Å². The van der Waals surface area contributed by atoms with Crippen molar-refractivity contribution < 1.29 is 14.3 Å². The molecule has 0 unspecified atom stereocenters. The number of carboxylic acids is 1. The number of carboxylic acid groups (broad SMARTS) is 1. The van der Waals surface area contributed by atoms with Gasteiger partial charge < -0.3 is 5.11 Å². The second-order valence-electron chi connectivity index (χ2n) is 3.48. The fraction of sp³-hybridized carbons (Fsp3) is 0.364. The number of carbonyl (C=O) groups is 1. The van der Waals surface area contributed by atoms with Gasteiger partial charge in [-0.05, 0) is 22.9 Å². The summed E-state index contributed by atoms with van der Waals surface area (Å²) in [6.07, 6.45) is 0. The summed E-state index contributed by atoms with van der Waals surface area (Å²) < 4.78 is 13.0. The molecule has 4 heteroatoms. The zero-order valence-corrected chi connectivity index (χ0v) is 9.47. The molecule has 1 aromatic carbocycles. The van der Waals surface area contributed by atoms with Crippen LogP contribution in [0.4, 0.5) is 4.39 Å². The van der Waals surface area contributed by atoms with E-state index in [-0.39, 0.29) is 5.56 Å². The summed E-state index contributed by atoms with van der Waals surface area (Å²) in [5.41, 5.74) is 0.587. The van der Waals surface area contributed by atoms with Gasteiger partial charge in [0.2, 0.25) is 0 Å². The Morgan fingerprint density at radius 2 is 2.20 bits per heavy atom. The molecule has 0 aliphatic heterocycles. The van der Waals surface area contributed by atoms with Crippen LogP contribution >= 0.6 is 11.8 Å². The van der Waals surface area contributed by atoms with E-state index in [1.54, 1.807) is 17.8 Å². The lowest BCUT2D eigenvalue weighted by Crippen LogP contribution is -2.01. The molecule has 0 spiro atoms. The first-order valence-electron chi connectivity index (χ1n) is 4.64. The minimum Gasteiger partial charge on any atom is -0.478 e. The lowest BCUT2D eigenvalue weighted by molar-refractivity contribution is 0.0692. The van der Waals surface area contributed by atoms with Crippen LogP contribution in [0.1, 0.15) is 29.8 Å². The Kier molecular flexibility index (Phi) is 4.15. The molecule has 0 amide bonds. The van der Waals surface area contributed by atoms with Gasteiger partial charge in [0, 0.05) is 5.75 Å². The number of thioether (sulfide) groups is 1. The number of rotatable bonds is 4. The van der Waals surface area contributed by atoms with Crippen molar-refractivity contribution in [3.63, 3.8) is 0 Å². The van der Waals surface area contributed by atoms with E-state index in [1.807, 2.05) is 0 Å². The summed E-state index contributed by atoms with van der Waals surface area (Å²) in [6, 6.07) is 4.23. The minimum atomic E-state index is -1.22. The highest BCUT2D eigenvalue weighted by Gasteiger charge is 2.10. The first-order valence-corrected chi connectivity index (χ1v) is 5.69. The smallest absolute Gasteiger partial charge is 0.338 e. The van der Waals surface area contributed by atoms with Gasteiger partial charge >= 0.3 is 5.97 Å². The molecule has 0 aliphatic rings. The topological polar surface area (TPSA) is 37.3 Å². The lowest BCUT2D eigenvalue weighted by Gasteiger charge is -2.06. The molecule has 2 nitrogen and oxygen atoms in total. The quantitative estimate of drug-likeness (QED) is 0.860. The van der Waals surface area contributed by atoms with Crippen LogP contribution in [0.15, 0.2) is 18.2 Å². The van der Waals surface area contributed by atoms with Gasteiger partial charge in [0.05, 0.1) is 5.56 Å². The van der Waals surface area contributed by atoms with Crippen LogP contribution in [0, 0.1) is 5.82 Å². The lowest BCUT2D eigenvalue weighted by atomic mass is 10.1. The third kappa shape index (κ3) is 3.55. The van der Waals surface area contributed by atoms with Crippen molar-refractivity contribution in [3.8, 4) is 0 Å². The molecule has 0 aliphatic carbocycles. The number of hydrogen-bond donors (Lipinski definition) is 1. The second kappa shape index (κ2) is 5.16. The minimum absolute atomic E-state index is 0.253. The first kappa shape index (κ1) is 12.0. The third-order valence-corrected chi connectivity index (χ3v) is 3.01. The molecule has 0 fully saturated rings. The van der Waals surface area contributed by atoms with Gasteiger partial charge in [0.15, 0.2) is 0 Å². The van der Waals surface area contributed by atoms with Gasteiger partial charge in [-0.2, -0.15) is 11.8 Å². The molecule has 0 radical (unpaired) electrons. The van der Waals surface area contributed by atoms with Crippen LogP contribution in [0.2, 0.25) is 0 Å². The second-order valence-corrected chi connectivity index (χ2v) is 5.04. The van der Waals surface area contributed by atoms with Gasteiger partial charge in [0.25, 0.3) is 0 Å². The normalized spacial score (nSPS) is 10.7.